The second-order valence-electron chi connectivity index (χ2n) is 6.83. The van der Waals surface area contributed by atoms with E-state index in [2.05, 4.69) is 0 Å². The van der Waals surface area contributed by atoms with Crippen LogP contribution in [0.1, 0.15) is 12.8 Å². The van der Waals surface area contributed by atoms with Crippen LogP contribution < -0.4 is 9.47 Å². The number of halogens is 1. The molecular weight excluding hydrogens is 359 g/mol. The zero-order valence-electron chi connectivity index (χ0n) is 15.0. The standard InChI is InChI=1S/C23H19FO4/c24-22-11-10-19(27-17-4-2-1-3-5-17)14-21(22)15-6-8-18(9-7-15)28-20-12-16(13-20)23(25)26/h1-11,14,16,20H,12-13H2,(H,25,26)/t16-,20+. The minimum atomic E-state index is -0.775. The SMILES string of the molecule is O=C(O)[C@H]1C[C@@H](Oc2ccc(-c3cc(Oc4ccccc4)ccc3F)cc2)C1. The maximum atomic E-state index is 14.3. The number of carboxylic acids is 1. The Labute approximate surface area is 162 Å². The lowest BCUT2D eigenvalue weighted by Gasteiger charge is -2.32. The summed E-state index contributed by atoms with van der Waals surface area (Å²) in [7, 11) is 0. The van der Waals surface area contributed by atoms with Crippen LogP contribution in [0.4, 0.5) is 4.39 Å². The Balaban J connectivity index is 1.46. The molecule has 3 aromatic carbocycles. The van der Waals surface area contributed by atoms with E-state index in [-0.39, 0.29) is 17.8 Å². The van der Waals surface area contributed by atoms with Crippen molar-refractivity contribution in [3.8, 4) is 28.4 Å². The summed E-state index contributed by atoms with van der Waals surface area (Å²) >= 11 is 0. The number of benzene rings is 3. The van der Waals surface area contributed by atoms with Crippen molar-refractivity contribution in [3.63, 3.8) is 0 Å². The third kappa shape index (κ3) is 3.98. The number of para-hydroxylation sites is 1. The molecule has 0 unspecified atom stereocenters. The monoisotopic (exact) mass is 378 g/mol. The number of ether oxygens (including phenoxy) is 2. The summed E-state index contributed by atoms with van der Waals surface area (Å²) in [6.45, 7) is 0. The number of aliphatic carboxylic acids is 1. The number of carbonyl (C=O) groups is 1. The second kappa shape index (κ2) is 7.72. The van der Waals surface area contributed by atoms with Crippen LogP contribution in [0.15, 0.2) is 72.8 Å². The third-order valence-electron chi connectivity index (χ3n) is 4.83. The maximum Gasteiger partial charge on any atom is 0.306 e. The maximum absolute atomic E-state index is 14.3. The van der Waals surface area contributed by atoms with Gasteiger partial charge in [-0.05, 0) is 60.9 Å². The topological polar surface area (TPSA) is 55.8 Å². The van der Waals surface area contributed by atoms with Crippen molar-refractivity contribution in [2.24, 2.45) is 5.92 Å². The van der Waals surface area contributed by atoms with E-state index in [1.165, 1.54) is 6.07 Å². The molecule has 0 aromatic heterocycles. The summed E-state index contributed by atoms with van der Waals surface area (Å²) in [5.74, 6) is 0.460. The molecule has 142 valence electrons. The molecule has 0 spiro atoms. The van der Waals surface area contributed by atoms with Crippen LogP contribution in [0.3, 0.4) is 0 Å². The Morgan fingerprint density at radius 2 is 1.57 bits per heavy atom. The molecule has 3 aromatic rings. The van der Waals surface area contributed by atoms with Gasteiger partial charge in [-0.2, -0.15) is 0 Å². The fraction of sp³-hybridized carbons (Fsp3) is 0.174. The minimum absolute atomic E-state index is 0.0775. The van der Waals surface area contributed by atoms with E-state index in [0.717, 1.165) is 0 Å². The van der Waals surface area contributed by atoms with E-state index >= 15 is 0 Å². The molecular formula is C23H19FO4. The number of hydrogen-bond donors (Lipinski definition) is 1. The number of rotatable bonds is 6. The summed E-state index contributed by atoms with van der Waals surface area (Å²) in [5, 5.41) is 8.92. The Morgan fingerprint density at radius 3 is 2.25 bits per heavy atom. The van der Waals surface area contributed by atoms with Gasteiger partial charge in [-0.25, -0.2) is 4.39 Å². The van der Waals surface area contributed by atoms with Crippen molar-refractivity contribution in [1.29, 1.82) is 0 Å². The van der Waals surface area contributed by atoms with Gasteiger partial charge >= 0.3 is 5.97 Å². The highest BCUT2D eigenvalue weighted by Gasteiger charge is 2.35. The molecule has 0 radical (unpaired) electrons. The Kier molecular flexibility index (Phi) is 4.98. The Hall–Kier alpha value is -3.34. The molecule has 1 aliphatic rings. The van der Waals surface area contributed by atoms with Gasteiger partial charge in [0.05, 0.1) is 5.92 Å². The highest BCUT2D eigenvalue weighted by atomic mass is 19.1. The predicted octanol–water partition coefficient (Wildman–Crippen LogP) is 5.53. The molecule has 1 saturated carbocycles. The lowest BCUT2D eigenvalue weighted by molar-refractivity contribution is -0.147. The van der Waals surface area contributed by atoms with Crippen molar-refractivity contribution in [2.75, 3.05) is 0 Å². The first-order chi connectivity index (χ1) is 13.6. The van der Waals surface area contributed by atoms with Gasteiger partial charge < -0.3 is 14.6 Å². The average molecular weight is 378 g/mol. The second-order valence-corrected chi connectivity index (χ2v) is 6.83. The van der Waals surface area contributed by atoms with E-state index in [1.807, 2.05) is 30.3 Å². The van der Waals surface area contributed by atoms with Crippen LogP contribution in [-0.2, 0) is 4.79 Å². The van der Waals surface area contributed by atoms with Crippen LogP contribution in [0, 0.1) is 11.7 Å². The first-order valence-corrected chi connectivity index (χ1v) is 9.11. The molecule has 4 nitrogen and oxygen atoms in total. The van der Waals surface area contributed by atoms with Gasteiger partial charge in [-0.15, -0.1) is 0 Å². The van der Waals surface area contributed by atoms with Crippen molar-refractivity contribution in [1.82, 2.24) is 0 Å². The van der Waals surface area contributed by atoms with Gasteiger partial charge in [0.2, 0.25) is 0 Å². The van der Waals surface area contributed by atoms with Gasteiger partial charge in [0.1, 0.15) is 29.2 Å². The van der Waals surface area contributed by atoms with Gasteiger partial charge in [0.25, 0.3) is 0 Å². The largest absolute Gasteiger partial charge is 0.490 e. The van der Waals surface area contributed by atoms with Crippen molar-refractivity contribution < 1.29 is 23.8 Å². The smallest absolute Gasteiger partial charge is 0.306 e. The Morgan fingerprint density at radius 1 is 0.893 bits per heavy atom. The summed E-state index contributed by atoms with van der Waals surface area (Å²) in [4.78, 5) is 10.9. The van der Waals surface area contributed by atoms with Crippen LogP contribution >= 0.6 is 0 Å². The van der Waals surface area contributed by atoms with Gasteiger partial charge in [-0.1, -0.05) is 30.3 Å². The first-order valence-electron chi connectivity index (χ1n) is 9.11. The van der Waals surface area contributed by atoms with Gasteiger partial charge in [0.15, 0.2) is 0 Å². The van der Waals surface area contributed by atoms with Crippen LogP contribution in [0.25, 0.3) is 11.1 Å². The van der Waals surface area contributed by atoms with Crippen LogP contribution in [-0.4, -0.2) is 17.2 Å². The molecule has 28 heavy (non-hydrogen) atoms. The molecule has 1 N–H and O–H groups in total. The molecule has 0 saturated heterocycles. The van der Waals surface area contributed by atoms with E-state index in [1.54, 1.807) is 36.4 Å². The molecule has 1 fully saturated rings. The van der Waals surface area contributed by atoms with Crippen molar-refractivity contribution in [3.05, 3.63) is 78.6 Å². The van der Waals surface area contributed by atoms with Crippen molar-refractivity contribution >= 4 is 5.97 Å². The quantitative estimate of drug-likeness (QED) is 0.613. The van der Waals surface area contributed by atoms with E-state index in [4.69, 9.17) is 14.6 Å². The average Bonchev–Trinajstić information content (AvgIpc) is 2.67. The van der Waals surface area contributed by atoms with E-state index in [9.17, 15) is 9.18 Å². The van der Waals surface area contributed by atoms with E-state index in [0.29, 0.717) is 41.2 Å². The fourth-order valence-electron chi connectivity index (χ4n) is 3.18. The third-order valence-corrected chi connectivity index (χ3v) is 4.83. The minimum Gasteiger partial charge on any atom is -0.490 e. The molecule has 0 atom stereocenters. The van der Waals surface area contributed by atoms with Gasteiger partial charge in [0, 0.05) is 5.56 Å². The zero-order valence-corrected chi connectivity index (χ0v) is 15.0. The summed E-state index contributed by atoms with van der Waals surface area (Å²) < 4.78 is 25.9. The highest BCUT2D eigenvalue weighted by molar-refractivity contribution is 5.71. The van der Waals surface area contributed by atoms with E-state index < -0.39 is 5.97 Å². The number of carboxylic acid groups (broad SMARTS) is 1. The molecule has 0 heterocycles. The first kappa shape index (κ1) is 18.0. The van der Waals surface area contributed by atoms with Crippen LogP contribution in [0.2, 0.25) is 0 Å². The normalized spacial score (nSPS) is 18.2. The van der Waals surface area contributed by atoms with Crippen molar-refractivity contribution in [2.45, 2.75) is 18.9 Å². The highest BCUT2D eigenvalue weighted by Crippen LogP contribution is 2.34. The molecule has 4 rings (SSSR count). The number of hydrogen-bond acceptors (Lipinski definition) is 3. The zero-order chi connectivity index (χ0) is 19.5. The van der Waals surface area contributed by atoms with Gasteiger partial charge in [-0.3, -0.25) is 4.79 Å². The van der Waals surface area contributed by atoms with Crippen LogP contribution in [0.5, 0.6) is 17.2 Å². The summed E-state index contributed by atoms with van der Waals surface area (Å²) in [5.41, 5.74) is 1.15. The predicted molar refractivity (Wildman–Crippen MR) is 103 cm³/mol. The summed E-state index contributed by atoms with van der Waals surface area (Å²) in [6.07, 6.45) is 0.959. The molecule has 0 aliphatic heterocycles. The lowest BCUT2D eigenvalue weighted by atomic mass is 9.82. The molecule has 1 aliphatic carbocycles. The molecule has 0 bridgehead atoms. The lowest BCUT2D eigenvalue weighted by Crippen LogP contribution is -2.38. The summed E-state index contributed by atoms with van der Waals surface area (Å²) in [6, 6.07) is 21.1. The fourth-order valence-corrected chi connectivity index (χ4v) is 3.18. The molecule has 5 heteroatoms. The Bertz CT molecular complexity index is 964. The molecule has 0 amide bonds.